The second-order valence-corrected chi connectivity index (χ2v) is 6.61. The first-order chi connectivity index (χ1) is 11.3. The minimum Gasteiger partial charge on any atom is -0.505 e. The van der Waals surface area contributed by atoms with Crippen LogP contribution in [0.15, 0.2) is 30.5 Å². The maximum absolute atomic E-state index is 12.8. The number of carbonyl (C=O) groups is 1. The van der Waals surface area contributed by atoms with Gasteiger partial charge in [0.05, 0.1) is 11.9 Å². The van der Waals surface area contributed by atoms with E-state index >= 15 is 0 Å². The van der Waals surface area contributed by atoms with Gasteiger partial charge in [0.1, 0.15) is 11.6 Å². The molecule has 0 aliphatic heterocycles. The lowest BCUT2D eigenvalue weighted by atomic mass is 9.67. The Labute approximate surface area is 139 Å². The van der Waals surface area contributed by atoms with Crippen molar-refractivity contribution in [3.05, 3.63) is 42.1 Å². The maximum atomic E-state index is 12.8. The molecule has 1 atom stereocenters. The smallest absolute Gasteiger partial charge is 0.274 e. The third kappa shape index (κ3) is 3.29. The third-order valence-electron chi connectivity index (χ3n) is 4.41. The van der Waals surface area contributed by atoms with E-state index in [1.165, 1.54) is 30.5 Å². The molecule has 2 heterocycles. The van der Waals surface area contributed by atoms with Crippen molar-refractivity contribution in [3.8, 4) is 5.75 Å². The summed E-state index contributed by atoms with van der Waals surface area (Å²) in [7, 11) is 0. The van der Waals surface area contributed by atoms with Crippen LogP contribution < -0.4 is 10.6 Å². The van der Waals surface area contributed by atoms with Crippen molar-refractivity contribution >= 4 is 17.4 Å². The van der Waals surface area contributed by atoms with E-state index in [0.29, 0.717) is 11.5 Å². The summed E-state index contributed by atoms with van der Waals surface area (Å²) in [5.41, 5.74) is 0.542. The molecule has 3 rings (SSSR count). The molecule has 1 saturated carbocycles. The number of aromatic hydroxyl groups is 1. The van der Waals surface area contributed by atoms with Crippen LogP contribution in [0.4, 0.5) is 15.9 Å². The van der Waals surface area contributed by atoms with E-state index in [2.05, 4.69) is 34.4 Å². The summed E-state index contributed by atoms with van der Waals surface area (Å²) >= 11 is 0. The van der Waals surface area contributed by atoms with Crippen LogP contribution in [0.5, 0.6) is 5.75 Å². The fraction of sp³-hybridized carbons (Fsp3) is 0.353. The summed E-state index contributed by atoms with van der Waals surface area (Å²) in [4.78, 5) is 20.1. The fourth-order valence-corrected chi connectivity index (χ4v) is 2.65. The van der Waals surface area contributed by atoms with Crippen molar-refractivity contribution in [2.45, 2.75) is 32.7 Å². The molecule has 0 saturated heterocycles. The molecule has 0 aromatic carbocycles. The number of hydrogen-bond acceptors (Lipinski definition) is 5. The SMILES string of the molecule is CC1(C)CCC1NC(=O)c1nc(Nc2ccc(F)nc2)ccc1O. The van der Waals surface area contributed by atoms with Gasteiger partial charge in [-0.1, -0.05) is 13.8 Å². The number of nitrogens with one attached hydrogen (secondary N) is 2. The Balaban J connectivity index is 1.76. The van der Waals surface area contributed by atoms with Gasteiger partial charge in [-0.2, -0.15) is 4.39 Å². The largest absolute Gasteiger partial charge is 0.505 e. The Bertz CT molecular complexity index is 762. The summed E-state index contributed by atoms with van der Waals surface area (Å²) in [6.45, 7) is 4.18. The fourth-order valence-electron chi connectivity index (χ4n) is 2.65. The molecule has 3 N–H and O–H groups in total. The predicted molar refractivity (Wildman–Crippen MR) is 87.6 cm³/mol. The molecule has 1 fully saturated rings. The molecular weight excluding hydrogens is 311 g/mol. The first-order valence-corrected chi connectivity index (χ1v) is 7.74. The van der Waals surface area contributed by atoms with Gasteiger partial charge < -0.3 is 15.7 Å². The molecule has 7 heteroatoms. The lowest BCUT2D eigenvalue weighted by Crippen LogP contribution is -2.52. The average molecular weight is 330 g/mol. The number of pyridine rings is 2. The monoisotopic (exact) mass is 330 g/mol. The summed E-state index contributed by atoms with van der Waals surface area (Å²) in [5.74, 6) is -0.819. The van der Waals surface area contributed by atoms with Crippen LogP contribution in [0.3, 0.4) is 0 Å². The van der Waals surface area contributed by atoms with Gasteiger partial charge in [0, 0.05) is 6.04 Å². The van der Waals surface area contributed by atoms with Gasteiger partial charge in [-0.3, -0.25) is 4.79 Å². The maximum Gasteiger partial charge on any atom is 0.274 e. The van der Waals surface area contributed by atoms with E-state index in [4.69, 9.17) is 0 Å². The van der Waals surface area contributed by atoms with Crippen LogP contribution in [0.2, 0.25) is 0 Å². The number of halogens is 1. The van der Waals surface area contributed by atoms with E-state index in [-0.39, 0.29) is 22.9 Å². The summed E-state index contributed by atoms with van der Waals surface area (Å²) < 4.78 is 12.8. The summed E-state index contributed by atoms with van der Waals surface area (Å²) in [6, 6.07) is 5.72. The lowest BCUT2D eigenvalue weighted by molar-refractivity contribution is 0.0725. The molecule has 0 spiro atoms. The van der Waals surface area contributed by atoms with Crippen LogP contribution in [0, 0.1) is 11.4 Å². The zero-order valence-electron chi connectivity index (χ0n) is 13.5. The predicted octanol–water partition coefficient (Wildman–Crippen LogP) is 2.98. The van der Waals surface area contributed by atoms with Crippen LogP contribution in [-0.2, 0) is 0 Å². The Morgan fingerprint density at radius 3 is 2.71 bits per heavy atom. The van der Waals surface area contributed by atoms with Crippen molar-refractivity contribution in [3.63, 3.8) is 0 Å². The van der Waals surface area contributed by atoms with E-state index in [0.717, 1.165) is 12.8 Å². The Morgan fingerprint density at radius 1 is 1.33 bits per heavy atom. The molecule has 2 aromatic heterocycles. The van der Waals surface area contributed by atoms with E-state index in [9.17, 15) is 14.3 Å². The normalized spacial score (nSPS) is 18.5. The van der Waals surface area contributed by atoms with Gasteiger partial charge in [0.15, 0.2) is 5.69 Å². The molecule has 1 aliphatic rings. The summed E-state index contributed by atoms with van der Waals surface area (Å²) in [5, 5.41) is 15.8. The van der Waals surface area contributed by atoms with Crippen LogP contribution in [-0.4, -0.2) is 27.0 Å². The minimum atomic E-state index is -0.581. The van der Waals surface area contributed by atoms with E-state index in [1.807, 2.05) is 0 Å². The van der Waals surface area contributed by atoms with Gasteiger partial charge in [0.25, 0.3) is 5.91 Å². The number of rotatable bonds is 4. The molecule has 1 amide bonds. The molecule has 24 heavy (non-hydrogen) atoms. The number of anilines is 2. The highest BCUT2D eigenvalue weighted by Crippen LogP contribution is 2.40. The van der Waals surface area contributed by atoms with E-state index < -0.39 is 11.9 Å². The van der Waals surface area contributed by atoms with Gasteiger partial charge in [-0.15, -0.1) is 0 Å². The topological polar surface area (TPSA) is 87.1 Å². The lowest BCUT2D eigenvalue weighted by Gasteiger charge is -2.44. The van der Waals surface area contributed by atoms with Crippen LogP contribution in [0.25, 0.3) is 0 Å². The molecule has 0 bridgehead atoms. The molecule has 2 aromatic rings. The van der Waals surface area contributed by atoms with Crippen molar-refractivity contribution < 1.29 is 14.3 Å². The van der Waals surface area contributed by atoms with Gasteiger partial charge in [-0.25, -0.2) is 9.97 Å². The molecule has 0 radical (unpaired) electrons. The molecular formula is C17H19FN4O2. The third-order valence-corrected chi connectivity index (χ3v) is 4.41. The first-order valence-electron chi connectivity index (χ1n) is 7.74. The molecule has 126 valence electrons. The highest BCUT2D eigenvalue weighted by molar-refractivity contribution is 5.95. The van der Waals surface area contributed by atoms with E-state index in [1.54, 1.807) is 0 Å². The van der Waals surface area contributed by atoms with Crippen molar-refractivity contribution in [1.82, 2.24) is 15.3 Å². The Hall–Kier alpha value is -2.70. The Kier molecular flexibility index (Phi) is 4.09. The summed E-state index contributed by atoms with van der Waals surface area (Å²) in [6.07, 6.45) is 3.29. The quantitative estimate of drug-likeness (QED) is 0.750. The zero-order valence-corrected chi connectivity index (χ0v) is 13.5. The highest BCUT2D eigenvalue weighted by Gasteiger charge is 2.39. The molecule has 1 aliphatic carbocycles. The van der Waals surface area contributed by atoms with Gasteiger partial charge >= 0.3 is 0 Å². The number of nitrogens with zero attached hydrogens (tertiary/aromatic N) is 2. The van der Waals surface area contributed by atoms with Gasteiger partial charge in [0.2, 0.25) is 5.95 Å². The number of aromatic nitrogens is 2. The van der Waals surface area contributed by atoms with Crippen LogP contribution >= 0.6 is 0 Å². The minimum absolute atomic E-state index is 0.0437. The van der Waals surface area contributed by atoms with Crippen molar-refractivity contribution in [2.75, 3.05) is 5.32 Å². The average Bonchev–Trinajstić information content (AvgIpc) is 2.55. The Morgan fingerprint density at radius 2 is 2.12 bits per heavy atom. The van der Waals surface area contributed by atoms with Gasteiger partial charge in [-0.05, 0) is 42.5 Å². The first kappa shape index (κ1) is 16.2. The number of amides is 1. The second-order valence-electron chi connectivity index (χ2n) is 6.61. The molecule has 6 nitrogen and oxygen atoms in total. The number of carbonyl (C=O) groups excluding carboxylic acids is 1. The highest BCUT2D eigenvalue weighted by atomic mass is 19.1. The second kappa shape index (κ2) is 6.07. The van der Waals surface area contributed by atoms with Crippen molar-refractivity contribution in [1.29, 1.82) is 0 Å². The standard InChI is InChI=1S/C17H19FN4O2/c1-17(2)8-7-12(17)21-16(24)15-11(23)4-6-14(22-15)20-10-3-5-13(18)19-9-10/h3-6,9,12,23H,7-8H2,1-2H3,(H,20,22)(H,21,24). The number of hydrogen-bond donors (Lipinski definition) is 3. The van der Waals surface area contributed by atoms with Crippen LogP contribution in [0.1, 0.15) is 37.2 Å². The molecule has 1 unspecified atom stereocenters. The zero-order chi connectivity index (χ0) is 17.3. The van der Waals surface area contributed by atoms with Crippen molar-refractivity contribution in [2.24, 2.45) is 5.41 Å².